The summed E-state index contributed by atoms with van der Waals surface area (Å²) in [5.74, 6) is -0.259. The molecule has 5 nitrogen and oxygen atoms in total. The number of benzene rings is 1. The van der Waals surface area contributed by atoms with E-state index in [1.807, 2.05) is 0 Å². The van der Waals surface area contributed by atoms with Gasteiger partial charge >= 0.3 is 0 Å². The molecule has 3 aliphatic heterocycles. The Hall–Kier alpha value is -1.50. The van der Waals surface area contributed by atoms with Gasteiger partial charge in [-0.1, -0.05) is 12.1 Å². The second kappa shape index (κ2) is 8.47. The first-order chi connectivity index (χ1) is 13.5. The first-order valence-electron chi connectivity index (χ1n) is 10.8. The third-order valence-corrected chi connectivity index (χ3v) is 6.98. The lowest BCUT2D eigenvalue weighted by atomic mass is 10.1. The van der Waals surface area contributed by atoms with Crippen LogP contribution in [0.5, 0.6) is 0 Å². The predicted octanol–water partition coefficient (Wildman–Crippen LogP) is 2.42. The Morgan fingerprint density at radius 1 is 0.929 bits per heavy atom. The molecule has 3 unspecified atom stereocenters. The standard InChI is InChI=1S/C22H33FN4O/c1-17-7-8-18(2)26(17)16-13-24-11-14-25(15-12-24)21-9-10-27(22(21)28)20-6-4-3-5-19(20)23/h3-6,17-18,21H,7-16H2,1-2H3. The molecular weight excluding hydrogens is 355 g/mol. The third kappa shape index (κ3) is 3.95. The number of piperazine rings is 1. The normalized spacial score (nSPS) is 30.5. The van der Waals surface area contributed by atoms with Crippen LogP contribution in [0.1, 0.15) is 33.1 Å². The molecule has 3 heterocycles. The van der Waals surface area contributed by atoms with Gasteiger partial charge in [0, 0.05) is 57.9 Å². The van der Waals surface area contributed by atoms with E-state index in [1.54, 1.807) is 23.1 Å². The van der Waals surface area contributed by atoms with E-state index < -0.39 is 0 Å². The number of halogens is 1. The Morgan fingerprint density at radius 2 is 1.61 bits per heavy atom. The van der Waals surface area contributed by atoms with Gasteiger partial charge in [-0.05, 0) is 45.2 Å². The van der Waals surface area contributed by atoms with Crippen LogP contribution < -0.4 is 4.90 Å². The Bertz CT molecular complexity index is 681. The highest BCUT2D eigenvalue weighted by atomic mass is 19.1. The highest BCUT2D eigenvalue weighted by Gasteiger charge is 2.38. The molecule has 0 aliphatic carbocycles. The fraction of sp³-hybridized carbons (Fsp3) is 0.682. The van der Waals surface area contributed by atoms with Crippen molar-refractivity contribution in [2.75, 3.05) is 50.7 Å². The fourth-order valence-electron chi connectivity index (χ4n) is 5.16. The van der Waals surface area contributed by atoms with Gasteiger partial charge in [0.05, 0.1) is 11.7 Å². The number of para-hydroxylation sites is 1. The number of amides is 1. The molecule has 1 aromatic rings. The van der Waals surface area contributed by atoms with E-state index in [4.69, 9.17) is 0 Å². The highest BCUT2D eigenvalue weighted by molar-refractivity contribution is 5.99. The van der Waals surface area contributed by atoms with Crippen molar-refractivity contribution in [3.63, 3.8) is 0 Å². The van der Waals surface area contributed by atoms with Gasteiger partial charge in [0.1, 0.15) is 5.82 Å². The van der Waals surface area contributed by atoms with Gasteiger partial charge in [-0.15, -0.1) is 0 Å². The van der Waals surface area contributed by atoms with Gasteiger partial charge in [-0.2, -0.15) is 0 Å². The molecule has 3 fully saturated rings. The van der Waals surface area contributed by atoms with E-state index in [9.17, 15) is 9.18 Å². The molecule has 0 saturated carbocycles. The van der Waals surface area contributed by atoms with Gasteiger partial charge in [-0.3, -0.25) is 19.5 Å². The number of anilines is 1. The van der Waals surface area contributed by atoms with E-state index in [-0.39, 0.29) is 17.8 Å². The van der Waals surface area contributed by atoms with Crippen molar-refractivity contribution in [1.29, 1.82) is 0 Å². The Kier molecular flexibility index (Phi) is 5.99. The number of hydrogen-bond donors (Lipinski definition) is 0. The minimum absolute atomic E-state index is 0.0540. The summed E-state index contributed by atoms with van der Waals surface area (Å²) in [6.07, 6.45) is 3.42. The van der Waals surface area contributed by atoms with Crippen LogP contribution in [0.15, 0.2) is 24.3 Å². The number of carbonyl (C=O) groups excluding carboxylic acids is 1. The van der Waals surface area contributed by atoms with E-state index in [1.165, 1.54) is 18.9 Å². The van der Waals surface area contributed by atoms with Gasteiger partial charge in [-0.25, -0.2) is 4.39 Å². The SMILES string of the molecule is CC1CCC(C)N1CCN1CCN(C2CCN(c3ccccc3F)C2=O)CC1. The maximum Gasteiger partial charge on any atom is 0.244 e. The summed E-state index contributed by atoms with van der Waals surface area (Å²) in [6.45, 7) is 11.4. The summed E-state index contributed by atoms with van der Waals surface area (Å²) >= 11 is 0. The lowest BCUT2D eigenvalue weighted by Gasteiger charge is -2.38. The molecule has 0 spiro atoms. The Labute approximate surface area is 168 Å². The molecule has 4 rings (SSSR count). The van der Waals surface area contributed by atoms with Crippen LogP contribution in [0.4, 0.5) is 10.1 Å². The molecule has 1 aromatic carbocycles. The van der Waals surface area contributed by atoms with Gasteiger partial charge in [0.2, 0.25) is 5.91 Å². The fourth-order valence-corrected chi connectivity index (χ4v) is 5.16. The van der Waals surface area contributed by atoms with E-state index in [0.29, 0.717) is 24.3 Å². The van der Waals surface area contributed by atoms with Crippen molar-refractivity contribution in [3.8, 4) is 0 Å². The summed E-state index contributed by atoms with van der Waals surface area (Å²) in [7, 11) is 0. The largest absolute Gasteiger partial charge is 0.308 e. The average Bonchev–Trinajstić information content (AvgIpc) is 3.23. The molecule has 1 amide bonds. The molecule has 3 atom stereocenters. The monoisotopic (exact) mass is 388 g/mol. The molecule has 0 N–H and O–H groups in total. The molecule has 154 valence electrons. The quantitative estimate of drug-likeness (QED) is 0.775. The highest BCUT2D eigenvalue weighted by Crippen LogP contribution is 2.27. The first-order valence-corrected chi connectivity index (χ1v) is 10.8. The molecule has 6 heteroatoms. The lowest BCUT2D eigenvalue weighted by molar-refractivity contribution is -0.122. The van der Waals surface area contributed by atoms with Crippen LogP contribution in [0.3, 0.4) is 0 Å². The maximum atomic E-state index is 14.1. The van der Waals surface area contributed by atoms with Gasteiger partial charge < -0.3 is 4.90 Å². The van der Waals surface area contributed by atoms with Crippen LogP contribution in [0.2, 0.25) is 0 Å². The van der Waals surface area contributed by atoms with Crippen molar-refractivity contribution in [3.05, 3.63) is 30.1 Å². The second-order valence-electron chi connectivity index (χ2n) is 8.64. The zero-order valence-electron chi connectivity index (χ0n) is 17.2. The zero-order chi connectivity index (χ0) is 19.7. The predicted molar refractivity (Wildman–Crippen MR) is 110 cm³/mol. The van der Waals surface area contributed by atoms with Crippen molar-refractivity contribution in [1.82, 2.24) is 14.7 Å². The molecule has 0 aromatic heterocycles. The topological polar surface area (TPSA) is 30.0 Å². The maximum absolute atomic E-state index is 14.1. The van der Waals surface area contributed by atoms with Crippen LogP contribution in [0.25, 0.3) is 0 Å². The number of rotatable bonds is 5. The van der Waals surface area contributed by atoms with Gasteiger partial charge in [0.25, 0.3) is 0 Å². The van der Waals surface area contributed by atoms with E-state index in [2.05, 4.69) is 28.5 Å². The molecular formula is C22H33FN4O. The van der Waals surface area contributed by atoms with Crippen molar-refractivity contribution in [2.24, 2.45) is 0 Å². The van der Waals surface area contributed by atoms with Crippen molar-refractivity contribution in [2.45, 2.75) is 51.2 Å². The number of hydrogen-bond acceptors (Lipinski definition) is 4. The molecule has 3 aliphatic rings. The minimum Gasteiger partial charge on any atom is -0.308 e. The summed E-state index contributed by atoms with van der Waals surface area (Å²) in [6, 6.07) is 7.90. The summed E-state index contributed by atoms with van der Waals surface area (Å²) in [4.78, 5) is 22.0. The number of carbonyl (C=O) groups is 1. The van der Waals surface area contributed by atoms with Crippen molar-refractivity contribution >= 4 is 11.6 Å². The molecule has 28 heavy (non-hydrogen) atoms. The summed E-state index contributed by atoms with van der Waals surface area (Å²) < 4.78 is 14.1. The molecule has 0 radical (unpaired) electrons. The number of likely N-dealkylation sites (tertiary alicyclic amines) is 1. The van der Waals surface area contributed by atoms with Gasteiger partial charge in [0.15, 0.2) is 0 Å². The second-order valence-corrected chi connectivity index (χ2v) is 8.64. The van der Waals surface area contributed by atoms with E-state index >= 15 is 0 Å². The van der Waals surface area contributed by atoms with E-state index in [0.717, 1.165) is 45.7 Å². The van der Waals surface area contributed by atoms with Crippen LogP contribution in [-0.2, 0) is 4.79 Å². The molecule has 3 saturated heterocycles. The average molecular weight is 389 g/mol. The van der Waals surface area contributed by atoms with Crippen LogP contribution in [0, 0.1) is 5.82 Å². The summed E-state index contributed by atoms with van der Waals surface area (Å²) in [5, 5.41) is 0. The Morgan fingerprint density at radius 3 is 2.29 bits per heavy atom. The zero-order valence-corrected chi connectivity index (χ0v) is 17.2. The van der Waals surface area contributed by atoms with Crippen LogP contribution in [-0.4, -0.2) is 84.5 Å². The summed E-state index contributed by atoms with van der Waals surface area (Å²) in [5.41, 5.74) is 0.419. The lowest BCUT2D eigenvalue weighted by Crippen LogP contribution is -2.53. The minimum atomic E-state index is -0.313. The van der Waals surface area contributed by atoms with Crippen molar-refractivity contribution < 1.29 is 9.18 Å². The first kappa shape index (κ1) is 19.8. The molecule has 0 bridgehead atoms. The number of nitrogens with zero attached hydrogens (tertiary/aromatic N) is 4. The third-order valence-electron chi connectivity index (χ3n) is 6.98. The smallest absolute Gasteiger partial charge is 0.244 e. The van der Waals surface area contributed by atoms with Crippen LogP contribution >= 0.6 is 0 Å². The Balaban J connectivity index is 1.27.